The van der Waals surface area contributed by atoms with Gasteiger partial charge in [-0.1, -0.05) is 0 Å². The normalized spacial score (nSPS) is 10.1. The maximum atomic E-state index is 11.0. The fourth-order valence-electron chi connectivity index (χ4n) is 0.847. The summed E-state index contributed by atoms with van der Waals surface area (Å²) in [7, 11) is 3.06. The lowest BCUT2D eigenvalue weighted by Gasteiger charge is -1.89. The third kappa shape index (κ3) is 1.21. The molecular formula is C6H7ClN2O2. The summed E-state index contributed by atoms with van der Waals surface area (Å²) in [6, 6.07) is 0. The van der Waals surface area contributed by atoms with Crippen LogP contribution in [-0.4, -0.2) is 14.4 Å². The summed E-state index contributed by atoms with van der Waals surface area (Å²) >= 11 is 5.18. The van der Waals surface area contributed by atoms with E-state index in [9.17, 15) is 9.59 Å². The first kappa shape index (κ1) is 8.07. The van der Waals surface area contributed by atoms with Crippen LogP contribution in [0.5, 0.6) is 0 Å². The van der Waals surface area contributed by atoms with Gasteiger partial charge in [-0.3, -0.25) is 9.36 Å². The van der Waals surface area contributed by atoms with Gasteiger partial charge in [0.1, 0.15) is 5.69 Å². The van der Waals surface area contributed by atoms with Crippen molar-refractivity contribution in [2.45, 2.75) is 0 Å². The molecule has 1 aromatic rings. The highest BCUT2D eigenvalue weighted by atomic mass is 35.5. The Morgan fingerprint density at radius 2 is 2.09 bits per heavy atom. The molecule has 0 N–H and O–H groups in total. The first-order chi connectivity index (χ1) is 5.04. The van der Waals surface area contributed by atoms with Crippen LogP contribution in [0.4, 0.5) is 0 Å². The summed E-state index contributed by atoms with van der Waals surface area (Å²) < 4.78 is 2.50. The highest BCUT2D eigenvalue weighted by molar-refractivity contribution is 6.67. The molecule has 11 heavy (non-hydrogen) atoms. The summed E-state index contributed by atoms with van der Waals surface area (Å²) in [6.07, 6.45) is 1.40. The molecule has 0 unspecified atom stereocenters. The second-order valence-electron chi connectivity index (χ2n) is 2.24. The molecule has 0 aliphatic carbocycles. The van der Waals surface area contributed by atoms with Crippen LogP contribution in [0.3, 0.4) is 0 Å². The van der Waals surface area contributed by atoms with Crippen molar-refractivity contribution < 1.29 is 4.79 Å². The van der Waals surface area contributed by atoms with Gasteiger partial charge in [0.15, 0.2) is 0 Å². The summed E-state index contributed by atoms with van der Waals surface area (Å²) in [5, 5.41) is -0.620. The molecule has 0 aliphatic heterocycles. The van der Waals surface area contributed by atoms with E-state index in [0.717, 1.165) is 0 Å². The maximum absolute atomic E-state index is 11.0. The Kier molecular flexibility index (Phi) is 1.87. The molecule has 0 bridgehead atoms. The Hall–Kier alpha value is -1.03. The van der Waals surface area contributed by atoms with E-state index in [-0.39, 0.29) is 11.4 Å². The van der Waals surface area contributed by atoms with E-state index in [0.29, 0.717) is 0 Å². The largest absolute Gasteiger partial charge is 0.328 e. The molecule has 0 aliphatic rings. The van der Waals surface area contributed by atoms with E-state index in [2.05, 4.69) is 0 Å². The molecule has 1 aromatic heterocycles. The molecule has 0 radical (unpaired) electrons. The fraction of sp³-hybridized carbons (Fsp3) is 0.333. The minimum absolute atomic E-state index is 0.208. The number of hydrogen-bond acceptors (Lipinski definition) is 2. The van der Waals surface area contributed by atoms with Gasteiger partial charge in [-0.15, -0.1) is 0 Å². The SMILES string of the molecule is Cn1cc(C(=O)Cl)n(C)c1=O. The van der Waals surface area contributed by atoms with Crippen molar-refractivity contribution in [1.29, 1.82) is 0 Å². The quantitative estimate of drug-likeness (QED) is 0.567. The number of aromatic nitrogens is 2. The summed E-state index contributed by atoms with van der Waals surface area (Å²) in [4.78, 5) is 21.6. The molecule has 0 amide bonds. The molecule has 0 saturated heterocycles. The average molecular weight is 175 g/mol. The van der Waals surface area contributed by atoms with Crippen LogP contribution in [0.2, 0.25) is 0 Å². The lowest BCUT2D eigenvalue weighted by atomic mass is 10.5. The van der Waals surface area contributed by atoms with E-state index < -0.39 is 5.24 Å². The van der Waals surface area contributed by atoms with E-state index in [1.165, 1.54) is 22.4 Å². The van der Waals surface area contributed by atoms with Gasteiger partial charge in [-0.25, -0.2) is 4.79 Å². The molecule has 5 heteroatoms. The zero-order valence-corrected chi connectivity index (χ0v) is 6.92. The molecule has 0 spiro atoms. The van der Waals surface area contributed by atoms with Crippen molar-refractivity contribution in [3.05, 3.63) is 22.4 Å². The number of carbonyl (C=O) groups is 1. The fourth-order valence-corrected chi connectivity index (χ4v) is 1.02. The molecule has 0 saturated carbocycles. The number of hydrogen-bond donors (Lipinski definition) is 0. The number of rotatable bonds is 1. The molecule has 0 aromatic carbocycles. The number of imidazole rings is 1. The Morgan fingerprint density at radius 1 is 1.55 bits per heavy atom. The maximum Gasteiger partial charge on any atom is 0.328 e. The Balaban J connectivity index is 3.42. The molecule has 1 rings (SSSR count). The van der Waals surface area contributed by atoms with Gasteiger partial charge < -0.3 is 4.57 Å². The zero-order valence-electron chi connectivity index (χ0n) is 6.17. The van der Waals surface area contributed by atoms with Crippen LogP contribution in [-0.2, 0) is 14.1 Å². The smallest absolute Gasteiger partial charge is 0.301 e. The van der Waals surface area contributed by atoms with Crippen molar-refractivity contribution in [2.75, 3.05) is 0 Å². The van der Waals surface area contributed by atoms with E-state index >= 15 is 0 Å². The van der Waals surface area contributed by atoms with Crippen LogP contribution in [0.25, 0.3) is 0 Å². The lowest BCUT2D eigenvalue weighted by Crippen LogP contribution is -2.20. The van der Waals surface area contributed by atoms with Crippen molar-refractivity contribution in [3.63, 3.8) is 0 Å². The topological polar surface area (TPSA) is 44.0 Å². The van der Waals surface area contributed by atoms with Crippen molar-refractivity contribution >= 4 is 16.8 Å². The van der Waals surface area contributed by atoms with E-state index in [1.807, 2.05) is 0 Å². The predicted octanol–water partition coefficient (Wildman–Crippen LogP) is 0.103. The first-order valence-electron chi connectivity index (χ1n) is 2.96. The predicted molar refractivity (Wildman–Crippen MR) is 40.8 cm³/mol. The summed E-state index contributed by atoms with van der Waals surface area (Å²) in [6.45, 7) is 0. The van der Waals surface area contributed by atoms with Crippen LogP contribution in [0.1, 0.15) is 10.5 Å². The summed E-state index contributed by atoms with van der Waals surface area (Å²) in [5.74, 6) is 0. The molecule has 60 valence electrons. The third-order valence-electron chi connectivity index (χ3n) is 1.47. The third-order valence-corrected chi connectivity index (χ3v) is 1.66. The molecule has 4 nitrogen and oxygen atoms in total. The van der Waals surface area contributed by atoms with Gasteiger partial charge in [0.05, 0.1) is 0 Å². The van der Waals surface area contributed by atoms with E-state index in [4.69, 9.17) is 11.6 Å². The van der Waals surface area contributed by atoms with Gasteiger partial charge in [-0.05, 0) is 11.6 Å². The second-order valence-corrected chi connectivity index (χ2v) is 2.58. The lowest BCUT2D eigenvalue weighted by molar-refractivity contribution is 0.107. The number of aryl methyl sites for hydroxylation is 1. The number of nitrogens with zero attached hydrogens (tertiary/aromatic N) is 2. The molecule has 0 atom stereocenters. The van der Waals surface area contributed by atoms with Crippen LogP contribution in [0, 0.1) is 0 Å². The van der Waals surface area contributed by atoms with Crippen molar-refractivity contribution in [2.24, 2.45) is 14.1 Å². The Labute approximate surface area is 68.0 Å². The monoisotopic (exact) mass is 174 g/mol. The van der Waals surface area contributed by atoms with Crippen LogP contribution >= 0.6 is 11.6 Å². The molecular weight excluding hydrogens is 168 g/mol. The highest BCUT2D eigenvalue weighted by Crippen LogP contribution is 1.98. The number of carbonyl (C=O) groups excluding carboxylic acids is 1. The van der Waals surface area contributed by atoms with Crippen molar-refractivity contribution in [1.82, 2.24) is 9.13 Å². The minimum atomic E-state index is -0.620. The highest BCUT2D eigenvalue weighted by Gasteiger charge is 2.10. The standard InChI is InChI=1S/C6H7ClN2O2/c1-8-3-4(5(7)10)9(2)6(8)11/h3H,1-2H3. The summed E-state index contributed by atoms with van der Waals surface area (Å²) in [5.41, 5.74) is -0.0480. The number of halogens is 1. The Bertz CT molecular complexity index is 350. The second kappa shape index (κ2) is 2.54. The molecule has 0 fully saturated rings. The zero-order chi connectivity index (χ0) is 8.59. The van der Waals surface area contributed by atoms with Gasteiger partial charge in [0.2, 0.25) is 0 Å². The van der Waals surface area contributed by atoms with Gasteiger partial charge in [-0.2, -0.15) is 0 Å². The average Bonchev–Trinajstić information content (AvgIpc) is 2.17. The minimum Gasteiger partial charge on any atom is -0.301 e. The van der Waals surface area contributed by atoms with Crippen molar-refractivity contribution in [3.8, 4) is 0 Å². The Morgan fingerprint density at radius 3 is 2.27 bits per heavy atom. The van der Waals surface area contributed by atoms with Gasteiger partial charge >= 0.3 is 5.69 Å². The van der Waals surface area contributed by atoms with E-state index in [1.54, 1.807) is 7.05 Å². The van der Waals surface area contributed by atoms with Gasteiger partial charge in [0.25, 0.3) is 5.24 Å². The van der Waals surface area contributed by atoms with Crippen LogP contribution in [0.15, 0.2) is 11.0 Å². The van der Waals surface area contributed by atoms with Crippen LogP contribution < -0.4 is 5.69 Å². The molecule has 1 heterocycles. The first-order valence-corrected chi connectivity index (χ1v) is 3.34. The van der Waals surface area contributed by atoms with Gasteiger partial charge in [0, 0.05) is 20.3 Å².